The number of nitrogens with two attached hydrogens (primary N) is 1. The highest BCUT2D eigenvalue weighted by molar-refractivity contribution is 5.95. The molecule has 0 fully saturated rings. The fourth-order valence-corrected chi connectivity index (χ4v) is 1.57. The summed E-state index contributed by atoms with van der Waals surface area (Å²) in [7, 11) is 0. The number of aromatic nitrogens is 1. The third kappa shape index (κ3) is 2.85. The van der Waals surface area contributed by atoms with E-state index >= 15 is 0 Å². The van der Waals surface area contributed by atoms with Gasteiger partial charge >= 0.3 is 0 Å². The highest BCUT2D eigenvalue weighted by Gasteiger charge is 2.06. The van der Waals surface area contributed by atoms with Crippen LogP contribution in [0.1, 0.15) is 21.5 Å². The van der Waals surface area contributed by atoms with Crippen LogP contribution in [-0.2, 0) is 6.54 Å². The molecule has 1 aromatic carbocycles. The standard InChI is InChI=1S/C14H15N3O/c1-10-4-5-12(7-13(10)15)14(18)17-9-11-3-2-6-16-8-11/h2-8H,9,15H2,1H3,(H,17,18). The van der Waals surface area contributed by atoms with Crippen LogP contribution < -0.4 is 11.1 Å². The van der Waals surface area contributed by atoms with Crippen LogP contribution in [0.2, 0.25) is 0 Å². The van der Waals surface area contributed by atoms with Crippen molar-refractivity contribution in [1.29, 1.82) is 0 Å². The van der Waals surface area contributed by atoms with Gasteiger partial charge in [-0.2, -0.15) is 0 Å². The van der Waals surface area contributed by atoms with Crippen molar-refractivity contribution >= 4 is 11.6 Å². The topological polar surface area (TPSA) is 68.0 Å². The molecule has 0 bridgehead atoms. The molecule has 1 aromatic heterocycles. The number of pyridine rings is 1. The molecule has 0 aliphatic rings. The third-order valence-electron chi connectivity index (χ3n) is 2.72. The summed E-state index contributed by atoms with van der Waals surface area (Å²) in [6.07, 6.45) is 3.43. The van der Waals surface area contributed by atoms with Crippen LogP contribution in [0.3, 0.4) is 0 Å². The van der Waals surface area contributed by atoms with E-state index in [-0.39, 0.29) is 5.91 Å². The van der Waals surface area contributed by atoms with Crippen LogP contribution in [0.15, 0.2) is 42.7 Å². The minimum Gasteiger partial charge on any atom is -0.398 e. The van der Waals surface area contributed by atoms with Crippen molar-refractivity contribution in [2.75, 3.05) is 5.73 Å². The molecule has 0 aliphatic carbocycles. The van der Waals surface area contributed by atoms with Crippen molar-refractivity contribution in [3.05, 3.63) is 59.4 Å². The van der Waals surface area contributed by atoms with Crippen molar-refractivity contribution in [2.24, 2.45) is 0 Å². The van der Waals surface area contributed by atoms with E-state index in [0.717, 1.165) is 11.1 Å². The minimum atomic E-state index is -0.134. The van der Waals surface area contributed by atoms with Gasteiger partial charge in [0.15, 0.2) is 0 Å². The zero-order chi connectivity index (χ0) is 13.0. The molecular weight excluding hydrogens is 226 g/mol. The fourth-order valence-electron chi connectivity index (χ4n) is 1.57. The molecule has 0 radical (unpaired) electrons. The molecule has 3 N–H and O–H groups in total. The number of hydrogen-bond donors (Lipinski definition) is 2. The van der Waals surface area contributed by atoms with E-state index in [2.05, 4.69) is 10.3 Å². The fraction of sp³-hybridized carbons (Fsp3) is 0.143. The predicted molar refractivity (Wildman–Crippen MR) is 71.0 cm³/mol. The summed E-state index contributed by atoms with van der Waals surface area (Å²) in [6, 6.07) is 9.05. The average molecular weight is 241 g/mol. The summed E-state index contributed by atoms with van der Waals surface area (Å²) in [5.74, 6) is -0.134. The molecule has 0 saturated carbocycles. The maximum atomic E-state index is 11.9. The Bertz CT molecular complexity index is 552. The van der Waals surface area contributed by atoms with E-state index in [1.54, 1.807) is 24.5 Å². The van der Waals surface area contributed by atoms with E-state index in [9.17, 15) is 4.79 Å². The van der Waals surface area contributed by atoms with Crippen molar-refractivity contribution < 1.29 is 4.79 Å². The van der Waals surface area contributed by atoms with E-state index in [4.69, 9.17) is 5.73 Å². The second-order valence-corrected chi connectivity index (χ2v) is 4.12. The molecule has 0 spiro atoms. The Hall–Kier alpha value is -2.36. The van der Waals surface area contributed by atoms with Crippen LogP contribution in [-0.4, -0.2) is 10.9 Å². The molecule has 1 heterocycles. The molecule has 92 valence electrons. The van der Waals surface area contributed by atoms with Gasteiger partial charge in [-0.1, -0.05) is 12.1 Å². The first-order valence-electron chi connectivity index (χ1n) is 5.70. The largest absolute Gasteiger partial charge is 0.398 e. The molecule has 0 unspecified atom stereocenters. The lowest BCUT2D eigenvalue weighted by Gasteiger charge is -2.07. The van der Waals surface area contributed by atoms with Crippen LogP contribution in [0.25, 0.3) is 0 Å². The quantitative estimate of drug-likeness (QED) is 0.806. The first-order valence-corrected chi connectivity index (χ1v) is 5.70. The highest BCUT2D eigenvalue weighted by Crippen LogP contribution is 2.12. The van der Waals surface area contributed by atoms with Gasteiger partial charge in [0, 0.05) is 30.2 Å². The number of nitrogens with one attached hydrogen (secondary N) is 1. The number of amides is 1. The molecule has 1 amide bonds. The van der Waals surface area contributed by atoms with Crippen molar-refractivity contribution in [3.8, 4) is 0 Å². The van der Waals surface area contributed by atoms with Crippen LogP contribution in [0.5, 0.6) is 0 Å². The van der Waals surface area contributed by atoms with Gasteiger partial charge in [0.2, 0.25) is 0 Å². The highest BCUT2D eigenvalue weighted by atomic mass is 16.1. The number of anilines is 1. The lowest BCUT2D eigenvalue weighted by molar-refractivity contribution is 0.0951. The Morgan fingerprint density at radius 2 is 2.22 bits per heavy atom. The molecule has 0 atom stereocenters. The van der Waals surface area contributed by atoms with Gasteiger partial charge in [-0.3, -0.25) is 9.78 Å². The lowest BCUT2D eigenvalue weighted by Crippen LogP contribution is -2.22. The molecule has 4 nitrogen and oxygen atoms in total. The normalized spacial score (nSPS) is 10.1. The molecular formula is C14H15N3O. The Morgan fingerprint density at radius 1 is 1.39 bits per heavy atom. The van der Waals surface area contributed by atoms with Crippen LogP contribution in [0.4, 0.5) is 5.69 Å². The van der Waals surface area contributed by atoms with Gasteiger partial charge in [-0.05, 0) is 36.2 Å². The predicted octanol–water partition coefficient (Wildman–Crippen LogP) is 1.90. The molecule has 2 aromatic rings. The van der Waals surface area contributed by atoms with Crippen LogP contribution >= 0.6 is 0 Å². The van der Waals surface area contributed by atoms with Gasteiger partial charge in [0.1, 0.15) is 0 Å². The summed E-state index contributed by atoms with van der Waals surface area (Å²) in [4.78, 5) is 15.9. The summed E-state index contributed by atoms with van der Waals surface area (Å²) < 4.78 is 0. The van der Waals surface area contributed by atoms with Gasteiger partial charge in [0.25, 0.3) is 5.91 Å². The van der Waals surface area contributed by atoms with Crippen molar-refractivity contribution in [3.63, 3.8) is 0 Å². The van der Waals surface area contributed by atoms with Crippen molar-refractivity contribution in [2.45, 2.75) is 13.5 Å². The smallest absolute Gasteiger partial charge is 0.251 e. The zero-order valence-electron chi connectivity index (χ0n) is 10.2. The number of nitrogen functional groups attached to an aromatic ring is 1. The number of benzene rings is 1. The number of carbonyl (C=O) groups excluding carboxylic acids is 1. The molecule has 0 aliphatic heterocycles. The van der Waals surface area contributed by atoms with Gasteiger partial charge in [-0.15, -0.1) is 0 Å². The second-order valence-electron chi connectivity index (χ2n) is 4.12. The van der Waals surface area contributed by atoms with Gasteiger partial charge in [0.05, 0.1) is 0 Å². The maximum absolute atomic E-state index is 11.9. The minimum absolute atomic E-state index is 0.134. The Kier molecular flexibility index (Phi) is 3.57. The first kappa shape index (κ1) is 12.1. The van der Waals surface area contributed by atoms with E-state index in [1.165, 1.54) is 0 Å². The van der Waals surface area contributed by atoms with E-state index < -0.39 is 0 Å². The van der Waals surface area contributed by atoms with E-state index in [0.29, 0.717) is 17.8 Å². The Balaban J connectivity index is 2.02. The number of nitrogens with zero attached hydrogens (tertiary/aromatic N) is 1. The third-order valence-corrected chi connectivity index (χ3v) is 2.72. The molecule has 18 heavy (non-hydrogen) atoms. The summed E-state index contributed by atoms with van der Waals surface area (Å²) in [6.45, 7) is 2.37. The summed E-state index contributed by atoms with van der Waals surface area (Å²) in [5.41, 5.74) is 8.91. The molecule has 0 saturated heterocycles. The maximum Gasteiger partial charge on any atom is 0.251 e. The number of aryl methyl sites for hydroxylation is 1. The first-order chi connectivity index (χ1) is 8.66. The monoisotopic (exact) mass is 241 g/mol. The second kappa shape index (κ2) is 5.31. The summed E-state index contributed by atoms with van der Waals surface area (Å²) >= 11 is 0. The lowest BCUT2D eigenvalue weighted by atomic mass is 10.1. The zero-order valence-corrected chi connectivity index (χ0v) is 10.2. The van der Waals surface area contributed by atoms with E-state index in [1.807, 2.05) is 25.1 Å². The number of rotatable bonds is 3. The summed E-state index contributed by atoms with van der Waals surface area (Å²) in [5, 5.41) is 2.83. The SMILES string of the molecule is Cc1ccc(C(=O)NCc2cccnc2)cc1N. The van der Waals surface area contributed by atoms with Crippen molar-refractivity contribution in [1.82, 2.24) is 10.3 Å². The van der Waals surface area contributed by atoms with Crippen LogP contribution in [0, 0.1) is 6.92 Å². The number of carbonyl (C=O) groups is 1. The average Bonchev–Trinajstić information content (AvgIpc) is 2.40. The van der Waals surface area contributed by atoms with Gasteiger partial charge < -0.3 is 11.1 Å². The number of hydrogen-bond acceptors (Lipinski definition) is 3. The molecule has 2 rings (SSSR count). The molecule has 4 heteroatoms. The Labute approximate surface area is 106 Å². The Morgan fingerprint density at radius 3 is 2.89 bits per heavy atom. The van der Waals surface area contributed by atoms with Gasteiger partial charge in [-0.25, -0.2) is 0 Å².